The highest BCUT2D eigenvalue weighted by atomic mass is 16.6. The van der Waals surface area contributed by atoms with Gasteiger partial charge in [0, 0.05) is 0 Å². The molecular formula is C16H21N3O4. The van der Waals surface area contributed by atoms with Crippen LogP contribution in [0.4, 0.5) is 5.69 Å². The summed E-state index contributed by atoms with van der Waals surface area (Å²) in [5.41, 5.74) is 2.94. The normalized spacial score (nSPS) is 12.2. The molecule has 2 rings (SSSR count). The lowest BCUT2D eigenvalue weighted by Crippen LogP contribution is -2.24. The fraction of sp³-hybridized carbons (Fsp3) is 0.438. The van der Waals surface area contributed by atoms with Gasteiger partial charge in [0.1, 0.15) is 29.8 Å². The van der Waals surface area contributed by atoms with E-state index in [1.54, 1.807) is 13.8 Å². The van der Waals surface area contributed by atoms with Crippen LogP contribution < -0.4 is 4.74 Å². The summed E-state index contributed by atoms with van der Waals surface area (Å²) < 4.78 is 7.05. The SMILES string of the molecule is Cc1cc(C)cc(OC[C@H](O)Cn2nc(C)c([N+](=O)[O-])c2C)c1. The van der Waals surface area contributed by atoms with Gasteiger partial charge in [-0.2, -0.15) is 5.10 Å². The highest BCUT2D eigenvalue weighted by Gasteiger charge is 2.22. The van der Waals surface area contributed by atoms with Crippen molar-refractivity contribution in [3.63, 3.8) is 0 Å². The Morgan fingerprint density at radius 1 is 1.26 bits per heavy atom. The van der Waals surface area contributed by atoms with Crippen LogP contribution in [0.5, 0.6) is 5.75 Å². The molecule has 23 heavy (non-hydrogen) atoms. The summed E-state index contributed by atoms with van der Waals surface area (Å²) in [5.74, 6) is 0.695. The second-order valence-electron chi connectivity index (χ2n) is 5.75. The van der Waals surface area contributed by atoms with Crippen LogP contribution in [-0.2, 0) is 6.54 Å². The predicted octanol–water partition coefficient (Wildman–Crippen LogP) is 2.46. The summed E-state index contributed by atoms with van der Waals surface area (Å²) in [6.07, 6.45) is -0.812. The van der Waals surface area contributed by atoms with Gasteiger partial charge in [-0.3, -0.25) is 14.8 Å². The lowest BCUT2D eigenvalue weighted by molar-refractivity contribution is -0.386. The van der Waals surface area contributed by atoms with Gasteiger partial charge < -0.3 is 9.84 Å². The third-order valence-corrected chi connectivity index (χ3v) is 3.55. The summed E-state index contributed by atoms with van der Waals surface area (Å²) >= 11 is 0. The quantitative estimate of drug-likeness (QED) is 0.652. The van der Waals surface area contributed by atoms with Crippen LogP contribution in [-0.4, -0.2) is 32.5 Å². The Balaban J connectivity index is 2.01. The molecule has 0 unspecified atom stereocenters. The zero-order chi connectivity index (χ0) is 17.1. The minimum atomic E-state index is -0.812. The van der Waals surface area contributed by atoms with Crippen molar-refractivity contribution in [2.75, 3.05) is 6.61 Å². The molecule has 0 saturated carbocycles. The van der Waals surface area contributed by atoms with E-state index in [0.717, 1.165) is 11.1 Å². The van der Waals surface area contributed by atoms with Crippen molar-refractivity contribution in [2.24, 2.45) is 0 Å². The van der Waals surface area contributed by atoms with E-state index in [2.05, 4.69) is 5.10 Å². The van der Waals surface area contributed by atoms with Crippen LogP contribution in [0.1, 0.15) is 22.5 Å². The average molecular weight is 319 g/mol. The monoisotopic (exact) mass is 319 g/mol. The Kier molecular flexibility index (Phi) is 5.00. The summed E-state index contributed by atoms with van der Waals surface area (Å²) in [5, 5.41) is 25.2. The molecule has 1 heterocycles. The van der Waals surface area contributed by atoms with E-state index in [0.29, 0.717) is 17.1 Å². The Labute approximate surface area is 134 Å². The first-order valence-corrected chi connectivity index (χ1v) is 7.35. The number of nitrogens with zero attached hydrogens (tertiary/aromatic N) is 3. The smallest absolute Gasteiger partial charge is 0.312 e. The van der Waals surface area contributed by atoms with Crippen LogP contribution in [0.2, 0.25) is 0 Å². The maximum absolute atomic E-state index is 11.0. The predicted molar refractivity (Wildman–Crippen MR) is 85.8 cm³/mol. The summed E-state index contributed by atoms with van der Waals surface area (Å²) in [4.78, 5) is 10.5. The van der Waals surface area contributed by atoms with Gasteiger partial charge in [0.25, 0.3) is 0 Å². The molecule has 0 saturated heterocycles. The van der Waals surface area contributed by atoms with Crippen LogP contribution in [0.15, 0.2) is 18.2 Å². The molecule has 1 atom stereocenters. The number of rotatable bonds is 6. The zero-order valence-electron chi connectivity index (χ0n) is 13.7. The van der Waals surface area contributed by atoms with E-state index >= 15 is 0 Å². The highest BCUT2D eigenvalue weighted by Crippen LogP contribution is 2.22. The summed E-state index contributed by atoms with van der Waals surface area (Å²) in [6, 6.07) is 5.83. The Morgan fingerprint density at radius 3 is 2.39 bits per heavy atom. The van der Waals surface area contributed by atoms with E-state index in [1.807, 2.05) is 32.0 Å². The van der Waals surface area contributed by atoms with Crippen LogP contribution in [0.3, 0.4) is 0 Å². The largest absolute Gasteiger partial charge is 0.491 e. The number of hydrogen-bond acceptors (Lipinski definition) is 5. The molecule has 124 valence electrons. The Morgan fingerprint density at radius 2 is 1.87 bits per heavy atom. The zero-order valence-corrected chi connectivity index (χ0v) is 13.7. The molecule has 1 N–H and O–H groups in total. The first-order valence-electron chi connectivity index (χ1n) is 7.35. The van der Waals surface area contributed by atoms with Gasteiger partial charge in [0.2, 0.25) is 0 Å². The first kappa shape index (κ1) is 17.0. The maximum atomic E-state index is 11.0. The average Bonchev–Trinajstić information content (AvgIpc) is 2.70. The van der Waals surface area contributed by atoms with Crippen molar-refractivity contribution in [3.05, 3.63) is 50.8 Å². The number of aliphatic hydroxyl groups excluding tert-OH is 1. The number of aromatic nitrogens is 2. The van der Waals surface area contributed by atoms with Gasteiger partial charge in [-0.15, -0.1) is 0 Å². The van der Waals surface area contributed by atoms with Gasteiger partial charge in [0.15, 0.2) is 0 Å². The molecular weight excluding hydrogens is 298 g/mol. The van der Waals surface area contributed by atoms with Gasteiger partial charge in [-0.05, 0) is 51.0 Å². The number of aryl methyl sites for hydroxylation is 3. The van der Waals surface area contributed by atoms with E-state index in [4.69, 9.17) is 4.74 Å². The maximum Gasteiger partial charge on any atom is 0.312 e. The van der Waals surface area contributed by atoms with Gasteiger partial charge in [0.05, 0.1) is 11.5 Å². The van der Waals surface area contributed by atoms with Crippen molar-refractivity contribution in [1.82, 2.24) is 9.78 Å². The minimum Gasteiger partial charge on any atom is -0.491 e. The molecule has 0 spiro atoms. The van der Waals surface area contributed by atoms with Crippen molar-refractivity contribution in [2.45, 2.75) is 40.3 Å². The third kappa shape index (κ3) is 4.07. The van der Waals surface area contributed by atoms with E-state index in [9.17, 15) is 15.2 Å². The molecule has 7 heteroatoms. The standard InChI is InChI=1S/C16H21N3O4/c1-10-5-11(2)7-15(6-10)23-9-14(20)8-18-13(4)16(19(21)22)12(3)17-18/h5-7,14,20H,8-9H2,1-4H3/t14-/m1/s1. The molecule has 0 amide bonds. The summed E-state index contributed by atoms with van der Waals surface area (Å²) in [6.45, 7) is 7.40. The molecule has 0 aliphatic carbocycles. The van der Waals surface area contributed by atoms with E-state index in [1.165, 1.54) is 4.68 Å². The first-order chi connectivity index (χ1) is 10.8. The minimum absolute atomic E-state index is 0.00701. The number of ether oxygens (including phenoxy) is 1. The van der Waals surface area contributed by atoms with Crippen molar-refractivity contribution in [3.8, 4) is 5.75 Å². The number of nitro groups is 1. The van der Waals surface area contributed by atoms with Crippen LogP contribution in [0, 0.1) is 37.8 Å². The Hall–Kier alpha value is -2.41. The molecule has 2 aromatic rings. The fourth-order valence-corrected chi connectivity index (χ4v) is 2.59. The molecule has 0 aliphatic rings. The molecule has 0 aliphatic heterocycles. The lowest BCUT2D eigenvalue weighted by atomic mass is 10.1. The molecule has 7 nitrogen and oxygen atoms in total. The summed E-state index contributed by atoms with van der Waals surface area (Å²) in [7, 11) is 0. The number of benzene rings is 1. The molecule has 1 aromatic heterocycles. The van der Waals surface area contributed by atoms with Crippen molar-refractivity contribution < 1.29 is 14.8 Å². The van der Waals surface area contributed by atoms with Gasteiger partial charge in [-0.25, -0.2) is 0 Å². The molecule has 1 aromatic carbocycles. The lowest BCUT2D eigenvalue weighted by Gasteiger charge is -2.14. The number of aliphatic hydroxyl groups is 1. The van der Waals surface area contributed by atoms with E-state index < -0.39 is 11.0 Å². The second kappa shape index (κ2) is 6.78. The fourth-order valence-electron chi connectivity index (χ4n) is 2.59. The highest BCUT2D eigenvalue weighted by molar-refractivity contribution is 5.39. The van der Waals surface area contributed by atoms with Crippen LogP contribution in [0.25, 0.3) is 0 Å². The van der Waals surface area contributed by atoms with Gasteiger partial charge in [-0.1, -0.05) is 6.07 Å². The van der Waals surface area contributed by atoms with E-state index in [-0.39, 0.29) is 18.8 Å². The van der Waals surface area contributed by atoms with Gasteiger partial charge >= 0.3 is 5.69 Å². The second-order valence-corrected chi connectivity index (χ2v) is 5.75. The Bertz CT molecular complexity index is 704. The topological polar surface area (TPSA) is 90.4 Å². The van der Waals surface area contributed by atoms with Crippen molar-refractivity contribution >= 4 is 5.69 Å². The third-order valence-electron chi connectivity index (χ3n) is 3.55. The molecule has 0 fully saturated rings. The van der Waals surface area contributed by atoms with Crippen LogP contribution >= 0.6 is 0 Å². The molecule has 0 radical (unpaired) electrons. The van der Waals surface area contributed by atoms with Crippen molar-refractivity contribution in [1.29, 1.82) is 0 Å². The number of hydrogen-bond donors (Lipinski definition) is 1. The molecule has 0 bridgehead atoms.